The quantitative estimate of drug-likeness (QED) is 0.804. The van der Waals surface area contributed by atoms with Gasteiger partial charge < -0.3 is 15.7 Å². The summed E-state index contributed by atoms with van der Waals surface area (Å²) >= 11 is 0. The van der Waals surface area contributed by atoms with Gasteiger partial charge in [0.15, 0.2) is 0 Å². The van der Waals surface area contributed by atoms with Crippen LogP contribution in [-0.4, -0.2) is 21.9 Å². The lowest BCUT2D eigenvalue weighted by atomic mass is 10.2. The van der Waals surface area contributed by atoms with Gasteiger partial charge in [-0.15, -0.1) is 0 Å². The van der Waals surface area contributed by atoms with Gasteiger partial charge >= 0.3 is 0 Å². The van der Waals surface area contributed by atoms with Gasteiger partial charge in [0.1, 0.15) is 5.75 Å². The summed E-state index contributed by atoms with van der Waals surface area (Å²) in [6.45, 7) is 1.76. The number of aromatic hydroxyl groups is 1. The van der Waals surface area contributed by atoms with E-state index in [0.717, 1.165) is 0 Å². The van der Waals surface area contributed by atoms with Crippen LogP contribution in [0.25, 0.3) is 0 Å². The highest BCUT2D eigenvalue weighted by Gasteiger charge is 2.08. The van der Waals surface area contributed by atoms with Gasteiger partial charge in [0.05, 0.1) is 11.8 Å². The van der Waals surface area contributed by atoms with E-state index in [2.05, 4.69) is 15.6 Å². The van der Waals surface area contributed by atoms with Gasteiger partial charge in [-0.1, -0.05) is 13.0 Å². The molecule has 0 spiro atoms. The Hall–Kier alpha value is -2.89. The molecule has 1 heterocycles. The Bertz CT molecular complexity index is 671. The Morgan fingerprint density at radius 3 is 2.52 bits per heavy atom. The molecule has 6 nitrogen and oxygen atoms in total. The van der Waals surface area contributed by atoms with Gasteiger partial charge in [0.2, 0.25) is 5.91 Å². The van der Waals surface area contributed by atoms with Crippen molar-refractivity contribution in [3.05, 3.63) is 48.3 Å². The second kappa shape index (κ2) is 6.51. The number of pyridine rings is 1. The molecule has 6 heteroatoms. The van der Waals surface area contributed by atoms with E-state index in [1.54, 1.807) is 31.2 Å². The predicted molar refractivity (Wildman–Crippen MR) is 79.2 cm³/mol. The van der Waals surface area contributed by atoms with Gasteiger partial charge in [-0.05, 0) is 24.3 Å². The fourth-order valence-electron chi connectivity index (χ4n) is 1.68. The van der Waals surface area contributed by atoms with Crippen LogP contribution >= 0.6 is 0 Å². The summed E-state index contributed by atoms with van der Waals surface area (Å²) < 4.78 is 0. The Morgan fingerprint density at radius 1 is 1.14 bits per heavy atom. The fourth-order valence-corrected chi connectivity index (χ4v) is 1.68. The zero-order valence-corrected chi connectivity index (χ0v) is 11.5. The smallest absolute Gasteiger partial charge is 0.257 e. The van der Waals surface area contributed by atoms with Gasteiger partial charge in [0, 0.05) is 24.0 Å². The Balaban J connectivity index is 2.11. The first-order valence-corrected chi connectivity index (χ1v) is 6.43. The summed E-state index contributed by atoms with van der Waals surface area (Å²) in [6, 6.07) is 8.14. The van der Waals surface area contributed by atoms with Crippen LogP contribution in [0.5, 0.6) is 5.75 Å². The highest BCUT2D eigenvalue weighted by Crippen LogP contribution is 2.17. The lowest BCUT2D eigenvalue weighted by Gasteiger charge is -2.08. The predicted octanol–water partition coefficient (Wildman–Crippen LogP) is 2.39. The molecular weight excluding hydrogens is 270 g/mol. The third-order valence-corrected chi connectivity index (χ3v) is 2.71. The molecule has 0 saturated carbocycles. The molecule has 1 aromatic heterocycles. The fraction of sp³-hybridized carbons (Fsp3) is 0.133. The number of carbonyl (C=O) groups excluding carboxylic acids is 2. The largest absolute Gasteiger partial charge is 0.506 e. The number of carbonyl (C=O) groups is 2. The normalized spacial score (nSPS) is 9.95. The number of nitrogens with one attached hydrogen (secondary N) is 2. The molecule has 21 heavy (non-hydrogen) atoms. The minimum Gasteiger partial charge on any atom is -0.506 e. The van der Waals surface area contributed by atoms with E-state index < -0.39 is 5.91 Å². The van der Waals surface area contributed by atoms with Crippen molar-refractivity contribution in [3.8, 4) is 5.75 Å². The summed E-state index contributed by atoms with van der Waals surface area (Å²) in [5.41, 5.74) is 1.39. The van der Waals surface area contributed by atoms with Crippen molar-refractivity contribution in [1.29, 1.82) is 0 Å². The third-order valence-electron chi connectivity index (χ3n) is 2.71. The number of hydrogen-bond donors (Lipinski definition) is 3. The molecule has 1 aromatic carbocycles. The highest BCUT2D eigenvalue weighted by molar-refractivity contribution is 6.04. The van der Waals surface area contributed by atoms with Gasteiger partial charge in [0.25, 0.3) is 5.91 Å². The summed E-state index contributed by atoms with van der Waals surface area (Å²) in [5, 5.41) is 14.7. The molecule has 0 unspecified atom stereocenters. The average Bonchev–Trinajstić information content (AvgIpc) is 2.47. The zero-order valence-electron chi connectivity index (χ0n) is 11.5. The molecule has 0 radical (unpaired) electrons. The number of hydrogen-bond acceptors (Lipinski definition) is 4. The third kappa shape index (κ3) is 4.04. The molecule has 0 aliphatic heterocycles. The number of rotatable bonds is 4. The number of benzene rings is 1. The van der Waals surface area contributed by atoms with Crippen molar-refractivity contribution >= 4 is 23.2 Å². The minimum atomic E-state index is -0.391. The van der Waals surface area contributed by atoms with Gasteiger partial charge in [-0.2, -0.15) is 0 Å². The molecule has 2 amide bonds. The number of amides is 2. The minimum absolute atomic E-state index is 0.0772. The summed E-state index contributed by atoms with van der Waals surface area (Å²) in [7, 11) is 0. The second-order valence-electron chi connectivity index (χ2n) is 4.37. The molecule has 0 atom stereocenters. The zero-order chi connectivity index (χ0) is 15.2. The van der Waals surface area contributed by atoms with Crippen LogP contribution < -0.4 is 10.6 Å². The maximum absolute atomic E-state index is 12.0. The first-order chi connectivity index (χ1) is 10.1. The molecule has 0 aliphatic carbocycles. The van der Waals surface area contributed by atoms with E-state index in [1.807, 2.05) is 0 Å². The van der Waals surface area contributed by atoms with Gasteiger partial charge in [-0.25, -0.2) is 0 Å². The average molecular weight is 285 g/mol. The number of aromatic nitrogens is 1. The van der Waals surface area contributed by atoms with E-state index in [-0.39, 0.29) is 17.2 Å². The van der Waals surface area contributed by atoms with Crippen molar-refractivity contribution in [2.24, 2.45) is 0 Å². The molecular formula is C15H15N3O3. The Labute approximate surface area is 121 Å². The summed E-state index contributed by atoms with van der Waals surface area (Å²) in [4.78, 5) is 27.1. The molecule has 0 aliphatic rings. The molecule has 2 aromatic rings. The highest BCUT2D eigenvalue weighted by atomic mass is 16.3. The number of anilines is 2. The summed E-state index contributed by atoms with van der Waals surface area (Å²) in [6.07, 6.45) is 2.99. The van der Waals surface area contributed by atoms with Crippen molar-refractivity contribution < 1.29 is 14.7 Å². The van der Waals surface area contributed by atoms with Crippen LogP contribution in [0.2, 0.25) is 0 Å². The van der Waals surface area contributed by atoms with Crippen molar-refractivity contribution in [2.75, 3.05) is 10.6 Å². The second-order valence-corrected chi connectivity index (χ2v) is 4.37. The van der Waals surface area contributed by atoms with Crippen LogP contribution in [0.15, 0.2) is 42.7 Å². The molecule has 2 rings (SSSR count). The standard InChI is InChI=1S/C15H15N3O3/c1-2-14(20)17-11-4-3-5-12(7-11)18-15(21)10-6-13(19)9-16-8-10/h3-9,19H,2H2,1H3,(H,17,20)(H,18,21). The van der Waals surface area contributed by atoms with E-state index in [1.165, 1.54) is 18.5 Å². The summed E-state index contributed by atoms with van der Waals surface area (Å²) in [5.74, 6) is -0.570. The van der Waals surface area contributed by atoms with E-state index in [0.29, 0.717) is 17.8 Å². The molecule has 0 fully saturated rings. The van der Waals surface area contributed by atoms with Crippen LogP contribution in [0, 0.1) is 0 Å². The Kier molecular flexibility index (Phi) is 4.50. The van der Waals surface area contributed by atoms with E-state index in [9.17, 15) is 14.7 Å². The lowest BCUT2D eigenvalue weighted by Crippen LogP contribution is -2.13. The lowest BCUT2D eigenvalue weighted by molar-refractivity contribution is -0.115. The van der Waals surface area contributed by atoms with E-state index in [4.69, 9.17) is 0 Å². The van der Waals surface area contributed by atoms with Crippen LogP contribution in [-0.2, 0) is 4.79 Å². The van der Waals surface area contributed by atoms with Crippen molar-refractivity contribution in [3.63, 3.8) is 0 Å². The molecule has 108 valence electrons. The first-order valence-electron chi connectivity index (χ1n) is 6.43. The molecule has 0 saturated heterocycles. The van der Waals surface area contributed by atoms with Crippen LogP contribution in [0.1, 0.15) is 23.7 Å². The van der Waals surface area contributed by atoms with Crippen molar-refractivity contribution in [2.45, 2.75) is 13.3 Å². The molecule has 3 N–H and O–H groups in total. The van der Waals surface area contributed by atoms with Gasteiger partial charge in [-0.3, -0.25) is 14.6 Å². The van der Waals surface area contributed by atoms with Crippen molar-refractivity contribution in [1.82, 2.24) is 4.98 Å². The first kappa shape index (κ1) is 14.5. The van der Waals surface area contributed by atoms with Crippen LogP contribution in [0.3, 0.4) is 0 Å². The maximum Gasteiger partial charge on any atom is 0.257 e. The molecule has 0 bridgehead atoms. The van der Waals surface area contributed by atoms with Crippen LogP contribution in [0.4, 0.5) is 11.4 Å². The SMILES string of the molecule is CCC(=O)Nc1cccc(NC(=O)c2cncc(O)c2)c1. The van der Waals surface area contributed by atoms with E-state index >= 15 is 0 Å². The maximum atomic E-state index is 12.0. The Morgan fingerprint density at radius 2 is 1.86 bits per heavy atom. The topological polar surface area (TPSA) is 91.3 Å². The monoisotopic (exact) mass is 285 g/mol. The number of nitrogens with zero attached hydrogens (tertiary/aromatic N) is 1.